The Balaban J connectivity index is 1.39. The summed E-state index contributed by atoms with van der Waals surface area (Å²) in [5.41, 5.74) is 2.25. The van der Waals surface area contributed by atoms with Crippen LogP contribution in [-0.2, 0) is 12.2 Å². The fourth-order valence-corrected chi connectivity index (χ4v) is 4.22. The van der Waals surface area contributed by atoms with Gasteiger partial charge in [0, 0.05) is 16.7 Å². The number of rotatable bonds is 7. The largest absolute Gasteiger partial charge is 0.504 e. The molecule has 0 fully saturated rings. The van der Waals surface area contributed by atoms with Gasteiger partial charge in [0.2, 0.25) is 5.89 Å². The molecule has 2 heterocycles. The second kappa shape index (κ2) is 8.62. The monoisotopic (exact) mass is 429 g/mol. The van der Waals surface area contributed by atoms with Crippen LogP contribution in [0, 0.1) is 5.82 Å². The third-order valence-electron chi connectivity index (χ3n) is 4.07. The maximum absolute atomic E-state index is 13.7. The molecule has 0 saturated heterocycles. The van der Waals surface area contributed by atoms with Crippen LogP contribution >= 0.6 is 23.1 Å². The van der Waals surface area contributed by atoms with Gasteiger partial charge >= 0.3 is 0 Å². The zero-order valence-corrected chi connectivity index (χ0v) is 17.0. The van der Waals surface area contributed by atoms with Gasteiger partial charge < -0.3 is 14.3 Å². The van der Waals surface area contributed by atoms with Crippen molar-refractivity contribution in [3.8, 4) is 22.1 Å². The molecule has 0 amide bonds. The number of nitrogens with zero attached hydrogens (tertiary/aromatic N) is 3. The summed E-state index contributed by atoms with van der Waals surface area (Å²) in [6.07, 6.45) is 0.254. The lowest BCUT2D eigenvalue weighted by Gasteiger charge is -2.04. The number of thiazole rings is 1. The Kier molecular flexibility index (Phi) is 5.77. The van der Waals surface area contributed by atoms with E-state index >= 15 is 0 Å². The molecule has 0 aliphatic rings. The summed E-state index contributed by atoms with van der Waals surface area (Å²) >= 11 is 2.87. The molecule has 1 N–H and O–H groups in total. The first-order valence-corrected chi connectivity index (χ1v) is 10.5. The quantitative estimate of drug-likeness (QED) is 0.417. The lowest BCUT2D eigenvalue weighted by molar-refractivity contribution is 0.373. The number of hydrogen-bond donors (Lipinski definition) is 1. The Hall–Kier alpha value is -2.91. The molecule has 2 aromatic carbocycles. The van der Waals surface area contributed by atoms with E-state index in [0.29, 0.717) is 28.2 Å². The Bertz CT molecular complexity index is 1130. The zero-order valence-electron chi connectivity index (χ0n) is 15.3. The van der Waals surface area contributed by atoms with E-state index in [1.165, 1.54) is 36.3 Å². The minimum absolute atomic E-state index is 0.0890. The second-order valence-corrected chi connectivity index (χ2v) is 7.83. The van der Waals surface area contributed by atoms with E-state index < -0.39 is 0 Å². The van der Waals surface area contributed by atoms with E-state index in [0.717, 1.165) is 16.3 Å². The van der Waals surface area contributed by atoms with Crippen LogP contribution in [0.15, 0.2) is 57.5 Å². The highest BCUT2D eigenvalue weighted by Gasteiger charge is 2.12. The highest BCUT2D eigenvalue weighted by molar-refractivity contribution is 7.98. The van der Waals surface area contributed by atoms with Gasteiger partial charge in [0.05, 0.1) is 19.2 Å². The van der Waals surface area contributed by atoms with Crippen molar-refractivity contribution in [3.05, 3.63) is 70.8 Å². The van der Waals surface area contributed by atoms with E-state index in [2.05, 4.69) is 15.2 Å². The highest BCUT2D eigenvalue weighted by atomic mass is 32.2. The van der Waals surface area contributed by atoms with Crippen molar-refractivity contribution in [2.24, 2.45) is 0 Å². The first kappa shape index (κ1) is 19.4. The number of thioether (sulfide) groups is 1. The Morgan fingerprint density at radius 3 is 2.90 bits per heavy atom. The third-order valence-corrected chi connectivity index (χ3v) is 5.86. The molecule has 0 unspecified atom stereocenters. The first-order valence-electron chi connectivity index (χ1n) is 8.62. The summed E-state index contributed by atoms with van der Waals surface area (Å²) in [6, 6.07) is 11.6. The number of methoxy groups -OCH3 is 1. The van der Waals surface area contributed by atoms with Crippen LogP contribution in [0.5, 0.6) is 11.5 Å². The molecule has 4 aromatic rings. The number of aromatic nitrogens is 3. The predicted octanol–water partition coefficient (Wildman–Crippen LogP) is 4.93. The molecule has 0 spiro atoms. The van der Waals surface area contributed by atoms with Crippen LogP contribution in [0.1, 0.15) is 17.1 Å². The van der Waals surface area contributed by atoms with Gasteiger partial charge in [-0.2, -0.15) is 0 Å². The summed E-state index contributed by atoms with van der Waals surface area (Å²) in [6.45, 7) is 0. The van der Waals surface area contributed by atoms with Gasteiger partial charge in [0.1, 0.15) is 10.8 Å². The normalized spacial score (nSPS) is 11.0. The van der Waals surface area contributed by atoms with Gasteiger partial charge in [-0.15, -0.1) is 21.5 Å². The molecule has 0 bridgehead atoms. The topological polar surface area (TPSA) is 81.3 Å². The molecule has 6 nitrogen and oxygen atoms in total. The average Bonchev–Trinajstić information content (AvgIpc) is 3.38. The van der Waals surface area contributed by atoms with Gasteiger partial charge in [0.25, 0.3) is 5.22 Å². The average molecular weight is 429 g/mol. The smallest absolute Gasteiger partial charge is 0.276 e. The van der Waals surface area contributed by atoms with E-state index in [1.54, 1.807) is 36.4 Å². The van der Waals surface area contributed by atoms with Crippen LogP contribution in [0.3, 0.4) is 0 Å². The van der Waals surface area contributed by atoms with Crippen molar-refractivity contribution in [1.29, 1.82) is 0 Å². The molecule has 4 rings (SSSR count). The van der Waals surface area contributed by atoms with Crippen LogP contribution in [0.2, 0.25) is 0 Å². The van der Waals surface area contributed by atoms with Crippen LogP contribution in [0.4, 0.5) is 4.39 Å². The van der Waals surface area contributed by atoms with Crippen molar-refractivity contribution < 1.29 is 18.7 Å². The molecule has 2 aromatic heterocycles. The number of aromatic hydroxyl groups is 1. The maximum Gasteiger partial charge on any atom is 0.276 e. The number of phenols is 1. The molecule has 0 aliphatic carbocycles. The SMILES string of the molecule is COc1cc(-c2nc(CSc3nnc(Cc4ccccc4F)o3)cs2)ccc1O. The molecule has 9 heteroatoms. The second-order valence-electron chi connectivity index (χ2n) is 6.05. The van der Waals surface area contributed by atoms with Crippen molar-refractivity contribution in [3.63, 3.8) is 0 Å². The van der Waals surface area contributed by atoms with E-state index in [1.807, 2.05) is 5.38 Å². The Morgan fingerprint density at radius 2 is 2.07 bits per heavy atom. The first-order chi connectivity index (χ1) is 14.1. The van der Waals surface area contributed by atoms with Gasteiger partial charge in [0.15, 0.2) is 11.5 Å². The summed E-state index contributed by atoms with van der Waals surface area (Å²) in [5.74, 6) is 1.13. The Morgan fingerprint density at radius 1 is 1.21 bits per heavy atom. The number of halogens is 1. The lowest BCUT2D eigenvalue weighted by Crippen LogP contribution is -1.92. The minimum Gasteiger partial charge on any atom is -0.504 e. The van der Waals surface area contributed by atoms with E-state index in [-0.39, 0.29) is 18.0 Å². The van der Waals surface area contributed by atoms with Crippen molar-refractivity contribution in [2.75, 3.05) is 7.11 Å². The van der Waals surface area contributed by atoms with Gasteiger partial charge in [-0.05, 0) is 29.8 Å². The fourth-order valence-electron chi connectivity index (χ4n) is 2.62. The zero-order chi connectivity index (χ0) is 20.2. The molecule has 0 aliphatic heterocycles. The standard InChI is InChI=1S/C20H16FN3O3S2/c1-26-17-8-13(6-7-16(17)25)19-22-14(10-28-19)11-29-20-24-23-18(27-20)9-12-4-2-3-5-15(12)21/h2-8,10,25H,9,11H2,1H3. The summed E-state index contributed by atoms with van der Waals surface area (Å²) in [5, 5.41) is 20.9. The fraction of sp³-hybridized carbons (Fsp3) is 0.150. The number of hydrogen-bond acceptors (Lipinski definition) is 8. The van der Waals surface area contributed by atoms with Gasteiger partial charge in [-0.3, -0.25) is 0 Å². The number of benzene rings is 2. The molecular formula is C20H16FN3O3S2. The number of phenolic OH excluding ortho intramolecular Hbond substituents is 1. The highest BCUT2D eigenvalue weighted by Crippen LogP contribution is 2.33. The van der Waals surface area contributed by atoms with E-state index in [9.17, 15) is 9.50 Å². The van der Waals surface area contributed by atoms with Crippen LogP contribution < -0.4 is 4.74 Å². The number of ether oxygens (including phenoxy) is 1. The van der Waals surface area contributed by atoms with Crippen LogP contribution in [0.25, 0.3) is 10.6 Å². The Labute approximate surface area is 174 Å². The summed E-state index contributed by atoms with van der Waals surface area (Å²) < 4.78 is 24.5. The van der Waals surface area contributed by atoms with Gasteiger partial charge in [-0.25, -0.2) is 9.37 Å². The van der Waals surface area contributed by atoms with E-state index in [4.69, 9.17) is 9.15 Å². The minimum atomic E-state index is -0.291. The summed E-state index contributed by atoms with van der Waals surface area (Å²) in [7, 11) is 1.51. The molecule has 29 heavy (non-hydrogen) atoms. The van der Waals surface area contributed by atoms with Gasteiger partial charge in [-0.1, -0.05) is 30.0 Å². The maximum atomic E-state index is 13.7. The predicted molar refractivity (Wildman–Crippen MR) is 109 cm³/mol. The van der Waals surface area contributed by atoms with Crippen molar-refractivity contribution >= 4 is 23.1 Å². The molecular weight excluding hydrogens is 413 g/mol. The molecule has 0 radical (unpaired) electrons. The van der Waals surface area contributed by atoms with Crippen molar-refractivity contribution in [1.82, 2.24) is 15.2 Å². The molecule has 0 saturated carbocycles. The van der Waals surface area contributed by atoms with Crippen LogP contribution in [-0.4, -0.2) is 27.4 Å². The molecule has 148 valence electrons. The lowest BCUT2D eigenvalue weighted by atomic mass is 10.1. The third kappa shape index (κ3) is 4.57. The molecule has 0 atom stereocenters. The van der Waals surface area contributed by atoms with Crippen molar-refractivity contribution in [2.45, 2.75) is 17.4 Å². The summed E-state index contributed by atoms with van der Waals surface area (Å²) in [4.78, 5) is 4.61.